The first-order valence-electron chi connectivity index (χ1n) is 5.06. The third-order valence-corrected chi connectivity index (χ3v) is 4.13. The van der Waals surface area contributed by atoms with Crippen LogP contribution in [-0.2, 0) is 0 Å². The lowest BCUT2D eigenvalue weighted by molar-refractivity contribution is 0.123. The highest BCUT2D eigenvalue weighted by atomic mass is 32.2. The molecule has 0 aliphatic carbocycles. The predicted octanol–water partition coefficient (Wildman–Crippen LogP) is 3.14. The van der Waals surface area contributed by atoms with Crippen LogP contribution in [0, 0.1) is 10.8 Å². The summed E-state index contributed by atoms with van der Waals surface area (Å²) in [6.45, 7) is 10.2. The Morgan fingerprint density at radius 3 is 2.00 bits per heavy atom. The van der Waals surface area contributed by atoms with E-state index in [0.29, 0.717) is 10.8 Å². The monoisotopic (exact) mass is 203 g/mol. The molecule has 0 aromatic carbocycles. The topological polar surface area (TPSA) is 26.0 Å². The summed E-state index contributed by atoms with van der Waals surface area (Å²) in [5, 5.41) is 0. The van der Waals surface area contributed by atoms with Crippen molar-refractivity contribution in [1.82, 2.24) is 0 Å². The van der Waals surface area contributed by atoms with Gasteiger partial charge in [-0.15, -0.1) is 0 Å². The van der Waals surface area contributed by atoms with Crippen LogP contribution in [0.5, 0.6) is 0 Å². The number of hydrogen-bond acceptors (Lipinski definition) is 2. The van der Waals surface area contributed by atoms with Crippen molar-refractivity contribution in [2.45, 2.75) is 40.5 Å². The largest absolute Gasteiger partial charge is 0.330 e. The summed E-state index contributed by atoms with van der Waals surface area (Å²) in [6, 6.07) is 0. The molecule has 2 N–H and O–H groups in total. The van der Waals surface area contributed by atoms with Crippen molar-refractivity contribution in [3.05, 3.63) is 0 Å². The van der Waals surface area contributed by atoms with E-state index in [2.05, 4.69) is 34.0 Å². The molecule has 0 heterocycles. The summed E-state index contributed by atoms with van der Waals surface area (Å²) in [6.07, 6.45) is 4.58. The fourth-order valence-corrected chi connectivity index (χ4v) is 2.69. The molecule has 1 atom stereocenters. The fourth-order valence-electron chi connectivity index (χ4n) is 1.47. The minimum absolute atomic E-state index is 0.380. The van der Waals surface area contributed by atoms with Gasteiger partial charge in [-0.2, -0.15) is 11.8 Å². The van der Waals surface area contributed by atoms with Crippen LogP contribution in [0.2, 0.25) is 0 Å². The number of thioether (sulfide) groups is 1. The maximum Gasteiger partial charge on any atom is -0.00112 e. The molecule has 0 aromatic rings. The molecule has 0 amide bonds. The Labute approximate surface area is 87.9 Å². The van der Waals surface area contributed by atoms with E-state index in [4.69, 9.17) is 5.73 Å². The number of rotatable bonds is 5. The molecule has 0 spiro atoms. The van der Waals surface area contributed by atoms with Gasteiger partial charge < -0.3 is 5.73 Å². The van der Waals surface area contributed by atoms with Gasteiger partial charge in [-0.3, -0.25) is 0 Å². The van der Waals surface area contributed by atoms with Crippen LogP contribution < -0.4 is 5.73 Å². The van der Waals surface area contributed by atoms with Crippen LogP contribution in [0.1, 0.15) is 40.5 Å². The highest BCUT2D eigenvalue weighted by Crippen LogP contribution is 2.43. The summed E-state index contributed by atoms with van der Waals surface area (Å²) >= 11 is 1.95. The van der Waals surface area contributed by atoms with Gasteiger partial charge in [0.1, 0.15) is 0 Å². The molecule has 13 heavy (non-hydrogen) atoms. The molecule has 2 heteroatoms. The van der Waals surface area contributed by atoms with Crippen molar-refractivity contribution < 1.29 is 0 Å². The van der Waals surface area contributed by atoms with Gasteiger partial charge in [0.2, 0.25) is 0 Å². The summed E-state index contributed by atoms with van der Waals surface area (Å²) in [4.78, 5) is 0. The molecule has 0 saturated heterocycles. The summed E-state index contributed by atoms with van der Waals surface area (Å²) in [5.41, 5.74) is 6.37. The normalized spacial score (nSPS) is 17.1. The summed E-state index contributed by atoms with van der Waals surface area (Å²) < 4.78 is 0. The maximum atomic E-state index is 5.57. The molecule has 0 fully saturated rings. The lowest BCUT2D eigenvalue weighted by Gasteiger charge is -2.42. The third-order valence-electron chi connectivity index (χ3n) is 3.21. The van der Waals surface area contributed by atoms with Crippen molar-refractivity contribution in [1.29, 1.82) is 0 Å². The predicted molar refractivity (Wildman–Crippen MR) is 64.2 cm³/mol. The van der Waals surface area contributed by atoms with Gasteiger partial charge in [-0.05, 0) is 42.2 Å². The van der Waals surface area contributed by atoms with Crippen LogP contribution in [-0.4, -0.2) is 18.6 Å². The van der Waals surface area contributed by atoms with Crippen LogP contribution in [0.4, 0.5) is 0 Å². The average Bonchev–Trinajstić information content (AvgIpc) is 1.99. The van der Waals surface area contributed by atoms with Gasteiger partial charge in [-0.25, -0.2) is 0 Å². The zero-order valence-electron chi connectivity index (χ0n) is 9.81. The summed E-state index contributed by atoms with van der Waals surface area (Å²) in [7, 11) is 0. The second-order valence-corrected chi connectivity index (χ2v) is 6.00. The second kappa shape index (κ2) is 5.26. The van der Waals surface area contributed by atoms with E-state index < -0.39 is 0 Å². The Morgan fingerprint density at radius 2 is 1.69 bits per heavy atom. The molecule has 0 aromatic heterocycles. The second-order valence-electron chi connectivity index (χ2n) is 5.14. The van der Waals surface area contributed by atoms with Crippen molar-refractivity contribution in [3.8, 4) is 0 Å². The van der Waals surface area contributed by atoms with E-state index in [1.807, 2.05) is 11.8 Å². The Bertz CT molecular complexity index is 140. The number of nitrogens with two attached hydrogens (primary N) is 1. The molecule has 1 unspecified atom stereocenters. The van der Waals surface area contributed by atoms with Crippen molar-refractivity contribution in [2.24, 2.45) is 16.6 Å². The molecule has 0 aliphatic heterocycles. The average molecular weight is 203 g/mol. The lowest BCUT2D eigenvalue weighted by Crippen LogP contribution is -2.35. The van der Waals surface area contributed by atoms with E-state index in [1.165, 1.54) is 12.2 Å². The molecule has 1 nitrogen and oxygen atoms in total. The van der Waals surface area contributed by atoms with Gasteiger partial charge in [0, 0.05) is 0 Å². The van der Waals surface area contributed by atoms with Crippen molar-refractivity contribution >= 4 is 11.8 Å². The minimum atomic E-state index is 0.380. The van der Waals surface area contributed by atoms with Crippen molar-refractivity contribution in [2.75, 3.05) is 18.6 Å². The first-order chi connectivity index (χ1) is 5.87. The van der Waals surface area contributed by atoms with Crippen LogP contribution in [0.15, 0.2) is 0 Å². The van der Waals surface area contributed by atoms with Gasteiger partial charge in [0.25, 0.3) is 0 Å². The molecular weight excluding hydrogens is 178 g/mol. The van der Waals surface area contributed by atoms with Gasteiger partial charge in [-0.1, -0.05) is 27.7 Å². The van der Waals surface area contributed by atoms with E-state index in [-0.39, 0.29) is 0 Å². The van der Waals surface area contributed by atoms with Crippen LogP contribution in [0.3, 0.4) is 0 Å². The fraction of sp³-hybridized carbons (Fsp3) is 1.00. The standard InChI is InChI=1S/C11H25NS/c1-10(2,3)11(4,9-13-5)7-6-8-12/h6-9,12H2,1-5H3. The zero-order valence-corrected chi connectivity index (χ0v) is 10.6. The third kappa shape index (κ3) is 3.90. The van der Waals surface area contributed by atoms with Crippen LogP contribution in [0.25, 0.3) is 0 Å². The van der Waals surface area contributed by atoms with Crippen LogP contribution >= 0.6 is 11.8 Å². The lowest BCUT2D eigenvalue weighted by atomic mass is 9.67. The maximum absolute atomic E-state index is 5.57. The van der Waals surface area contributed by atoms with Crippen molar-refractivity contribution in [3.63, 3.8) is 0 Å². The Kier molecular flexibility index (Phi) is 5.38. The summed E-state index contributed by atoms with van der Waals surface area (Å²) in [5.74, 6) is 1.23. The molecule has 0 rings (SSSR count). The molecule has 0 aliphatic rings. The Morgan fingerprint density at radius 1 is 1.15 bits per heavy atom. The molecule has 0 saturated carbocycles. The zero-order chi connectivity index (χ0) is 10.5. The highest BCUT2D eigenvalue weighted by Gasteiger charge is 2.35. The van der Waals surface area contributed by atoms with E-state index in [9.17, 15) is 0 Å². The van der Waals surface area contributed by atoms with Gasteiger partial charge in [0.15, 0.2) is 0 Å². The highest BCUT2D eigenvalue weighted by molar-refractivity contribution is 7.98. The number of hydrogen-bond donors (Lipinski definition) is 1. The Hall–Kier alpha value is 0.310. The first-order valence-corrected chi connectivity index (χ1v) is 6.46. The smallest absolute Gasteiger partial charge is 0.00112 e. The Balaban J connectivity index is 4.34. The van der Waals surface area contributed by atoms with Gasteiger partial charge in [0.05, 0.1) is 0 Å². The minimum Gasteiger partial charge on any atom is -0.330 e. The molecule has 80 valence electrons. The quantitative estimate of drug-likeness (QED) is 0.743. The molecular formula is C11H25NS. The van der Waals surface area contributed by atoms with Gasteiger partial charge >= 0.3 is 0 Å². The molecule has 0 bridgehead atoms. The molecule has 0 radical (unpaired) electrons. The SMILES string of the molecule is CSCC(C)(CCCN)C(C)(C)C. The first kappa shape index (κ1) is 13.3. The van der Waals surface area contributed by atoms with E-state index in [0.717, 1.165) is 13.0 Å². The van der Waals surface area contributed by atoms with E-state index in [1.54, 1.807) is 0 Å². The van der Waals surface area contributed by atoms with E-state index >= 15 is 0 Å².